The first-order chi connectivity index (χ1) is 10.2. The van der Waals surface area contributed by atoms with E-state index in [1.807, 2.05) is 6.92 Å². The van der Waals surface area contributed by atoms with Crippen molar-refractivity contribution in [3.05, 3.63) is 0 Å². The fraction of sp³-hybridized carbons (Fsp3) is 0.875. The van der Waals surface area contributed by atoms with Crippen molar-refractivity contribution < 1.29 is 28.5 Å². The molecule has 1 aliphatic carbocycles. The molecule has 22 heavy (non-hydrogen) atoms. The molecular formula is C16H24O6. The van der Waals surface area contributed by atoms with Crippen molar-refractivity contribution in [3.8, 4) is 0 Å². The van der Waals surface area contributed by atoms with Crippen LogP contribution < -0.4 is 0 Å². The van der Waals surface area contributed by atoms with Crippen LogP contribution in [0.1, 0.15) is 47.0 Å². The van der Waals surface area contributed by atoms with E-state index in [2.05, 4.69) is 6.92 Å². The molecule has 6 heteroatoms. The normalized spacial score (nSPS) is 46.2. The van der Waals surface area contributed by atoms with Gasteiger partial charge in [-0.1, -0.05) is 0 Å². The molecule has 0 radical (unpaired) electrons. The number of ether oxygens (including phenoxy) is 4. The van der Waals surface area contributed by atoms with E-state index in [0.717, 1.165) is 19.3 Å². The highest BCUT2D eigenvalue weighted by molar-refractivity contribution is 5.66. The quantitative estimate of drug-likeness (QED) is 0.740. The number of hydrogen-bond acceptors (Lipinski definition) is 6. The Kier molecular flexibility index (Phi) is 3.72. The van der Waals surface area contributed by atoms with Crippen LogP contribution in [-0.2, 0) is 28.5 Å². The van der Waals surface area contributed by atoms with E-state index in [4.69, 9.17) is 18.9 Å². The Morgan fingerprint density at radius 3 is 2.55 bits per heavy atom. The highest BCUT2D eigenvalue weighted by Crippen LogP contribution is 2.58. The number of carbonyl (C=O) groups is 2. The fourth-order valence-corrected chi connectivity index (χ4v) is 4.49. The lowest BCUT2D eigenvalue weighted by Gasteiger charge is -2.64. The van der Waals surface area contributed by atoms with Gasteiger partial charge in [-0.05, 0) is 44.9 Å². The van der Waals surface area contributed by atoms with Gasteiger partial charge in [0.2, 0.25) is 6.29 Å². The molecule has 0 amide bonds. The first kappa shape index (κ1) is 15.7. The molecule has 0 spiro atoms. The second kappa shape index (κ2) is 5.20. The van der Waals surface area contributed by atoms with Crippen LogP contribution in [0.2, 0.25) is 0 Å². The molecule has 4 rings (SSSR count). The van der Waals surface area contributed by atoms with Gasteiger partial charge in [0.15, 0.2) is 0 Å². The van der Waals surface area contributed by atoms with E-state index < -0.39 is 17.9 Å². The van der Waals surface area contributed by atoms with E-state index >= 15 is 0 Å². The van der Waals surface area contributed by atoms with Crippen LogP contribution in [0.25, 0.3) is 0 Å². The second-order valence-electron chi connectivity index (χ2n) is 7.17. The number of carbonyl (C=O) groups excluding carboxylic acids is 2. The minimum atomic E-state index is -0.758. The van der Waals surface area contributed by atoms with E-state index in [0.29, 0.717) is 0 Å². The summed E-state index contributed by atoms with van der Waals surface area (Å²) in [6, 6.07) is 0. The molecule has 4 aliphatic rings. The second-order valence-corrected chi connectivity index (χ2v) is 7.17. The maximum absolute atomic E-state index is 11.4. The van der Waals surface area contributed by atoms with Crippen LogP contribution in [0, 0.1) is 11.8 Å². The van der Waals surface area contributed by atoms with Gasteiger partial charge in [-0.3, -0.25) is 9.59 Å². The Bertz CT molecular complexity index is 491. The van der Waals surface area contributed by atoms with Gasteiger partial charge in [-0.15, -0.1) is 0 Å². The van der Waals surface area contributed by atoms with Crippen LogP contribution in [0.3, 0.4) is 0 Å². The molecule has 3 heterocycles. The summed E-state index contributed by atoms with van der Waals surface area (Å²) in [5, 5.41) is 0. The highest BCUT2D eigenvalue weighted by atomic mass is 16.7. The van der Waals surface area contributed by atoms with Crippen molar-refractivity contribution in [2.24, 2.45) is 11.8 Å². The lowest BCUT2D eigenvalue weighted by molar-refractivity contribution is -0.387. The Morgan fingerprint density at radius 1 is 1.23 bits per heavy atom. The highest BCUT2D eigenvalue weighted by Gasteiger charge is 2.65. The number of fused-ring (bicyclic) bond motifs is 1. The summed E-state index contributed by atoms with van der Waals surface area (Å²) in [7, 11) is 0. The average molecular weight is 312 g/mol. The number of hydrogen-bond donors (Lipinski definition) is 0. The Hall–Kier alpha value is -1.14. The molecule has 0 aromatic carbocycles. The van der Waals surface area contributed by atoms with Crippen LogP contribution in [0.4, 0.5) is 0 Å². The largest absolute Gasteiger partial charge is 0.463 e. The lowest BCUT2D eigenvalue weighted by atomic mass is 9.59. The molecule has 124 valence electrons. The SMILES string of the molecule is CC(=O)OC[C@H]1OC(OC(C)=O)[C@]2(C)O[C@]3(C)CC[C@@H]2[C@@H]1C3. The van der Waals surface area contributed by atoms with Crippen molar-refractivity contribution in [2.45, 2.75) is 70.6 Å². The van der Waals surface area contributed by atoms with Gasteiger partial charge in [0, 0.05) is 13.8 Å². The topological polar surface area (TPSA) is 71.1 Å². The zero-order chi connectivity index (χ0) is 16.1. The summed E-state index contributed by atoms with van der Waals surface area (Å²) in [4.78, 5) is 22.5. The van der Waals surface area contributed by atoms with Gasteiger partial charge in [0.05, 0.1) is 11.7 Å². The molecule has 0 aromatic heterocycles. The number of rotatable bonds is 3. The summed E-state index contributed by atoms with van der Waals surface area (Å²) in [5.41, 5.74) is -0.862. The third-order valence-corrected chi connectivity index (χ3v) is 5.34. The van der Waals surface area contributed by atoms with Gasteiger partial charge in [0.25, 0.3) is 0 Å². The first-order valence-corrected chi connectivity index (χ1v) is 7.90. The Morgan fingerprint density at radius 2 is 1.95 bits per heavy atom. The van der Waals surface area contributed by atoms with Gasteiger partial charge in [-0.2, -0.15) is 0 Å². The third-order valence-electron chi connectivity index (χ3n) is 5.34. The van der Waals surface area contributed by atoms with Crippen LogP contribution in [-0.4, -0.2) is 42.1 Å². The Labute approximate surface area is 130 Å². The molecule has 6 nitrogen and oxygen atoms in total. The fourth-order valence-electron chi connectivity index (χ4n) is 4.49. The Balaban J connectivity index is 1.87. The molecule has 0 aromatic rings. The predicted octanol–water partition coefficient (Wildman–Crippen LogP) is 1.80. The van der Waals surface area contributed by atoms with Crippen molar-refractivity contribution in [1.82, 2.24) is 0 Å². The molecule has 6 atom stereocenters. The standard InChI is InChI=1S/C16H24O6/c1-9(17)19-8-13-11-7-15(3)6-5-12(11)16(4,22-15)14(21-13)20-10(2)18/h11-14H,5-8H2,1-4H3/t11-,12+,13+,14?,15+,16+/m0/s1. The maximum atomic E-state index is 11.4. The van der Waals surface area contributed by atoms with Gasteiger partial charge < -0.3 is 18.9 Å². The molecule has 0 N–H and O–H groups in total. The van der Waals surface area contributed by atoms with Crippen LogP contribution in [0.5, 0.6) is 0 Å². The van der Waals surface area contributed by atoms with Crippen LogP contribution >= 0.6 is 0 Å². The van der Waals surface area contributed by atoms with Crippen molar-refractivity contribution in [2.75, 3.05) is 6.61 Å². The van der Waals surface area contributed by atoms with Crippen molar-refractivity contribution in [1.29, 1.82) is 0 Å². The molecule has 3 aliphatic heterocycles. The molecule has 4 bridgehead atoms. The predicted molar refractivity (Wildman–Crippen MR) is 75.8 cm³/mol. The summed E-state index contributed by atoms with van der Waals surface area (Å²) in [6.07, 6.45) is 1.87. The maximum Gasteiger partial charge on any atom is 0.305 e. The number of esters is 2. The molecule has 4 fully saturated rings. The molecule has 1 unspecified atom stereocenters. The average Bonchev–Trinajstić information content (AvgIpc) is 2.39. The zero-order valence-electron chi connectivity index (χ0n) is 13.6. The first-order valence-electron chi connectivity index (χ1n) is 7.90. The molecule has 3 saturated heterocycles. The summed E-state index contributed by atoms with van der Waals surface area (Å²) < 4.78 is 22.8. The van der Waals surface area contributed by atoms with E-state index in [9.17, 15) is 9.59 Å². The monoisotopic (exact) mass is 312 g/mol. The van der Waals surface area contributed by atoms with Gasteiger partial charge in [-0.25, -0.2) is 0 Å². The minimum Gasteiger partial charge on any atom is -0.463 e. The summed E-state index contributed by atoms with van der Waals surface area (Å²) in [5.74, 6) is -0.229. The lowest BCUT2D eigenvalue weighted by Crippen LogP contribution is -2.71. The zero-order valence-corrected chi connectivity index (χ0v) is 13.6. The van der Waals surface area contributed by atoms with Crippen molar-refractivity contribution >= 4 is 11.9 Å². The molecule has 1 saturated carbocycles. The van der Waals surface area contributed by atoms with E-state index in [1.54, 1.807) is 0 Å². The van der Waals surface area contributed by atoms with Crippen molar-refractivity contribution in [3.63, 3.8) is 0 Å². The minimum absolute atomic E-state index is 0.195. The van der Waals surface area contributed by atoms with Gasteiger partial charge >= 0.3 is 11.9 Å². The third kappa shape index (κ3) is 2.52. The smallest absolute Gasteiger partial charge is 0.305 e. The molecular weight excluding hydrogens is 288 g/mol. The van der Waals surface area contributed by atoms with Crippen LogP contribution in [0.15, 0.2) is 0 Å². The van der Waals surface area contributed by atoms with E-state index in [1.165, 1.54) is 13.8 Å². The summed E-state index contributed by atoms with van der Waals surface area (Å²) in [6.45, 7) is 7.01. The van der Waals surface area contributed by atoms with E-state index in [-0.39, 0.29) is 36.1 Å². The van der Waals surface area contributed by atoms with Gasteiger partial charge in [0.1, 0.15) is 12.2 Å². The summed E-state index contributed by atoms with van der Waals surface area (Å²) >= 11 is 0.